The molecular weight excluding hydrogens is 216 g/mol. The lowest BCUT2D eigenvalue weighted by atomic mass is 10.2. The third kappa shape index (κ3) is 2.57. The summed E-state index contributed by atoms with van der Waals surface area (Å²) >= 11 is 0. The molecule has 0 unspecified atom stereocenters. The molecule has 0 saturated heterocycles. The summed E-state index contributed by atoms with van der Waals surface area (Å²) in [4.78, 5) is 17.9. The molecule has 0 fully saturated rings. The van der Waals surface area contributed by atoms with E-state index in [1.165, 1.54) is 24.8 Å². The van der Waals surface area contributed by atoms with Gasteiger partial charge in [-0.25, -0.2) is 4.98 Å². The van der Waals surface area contributed by atoms with Crippen molar-refractivity contribution in [2.45, 2.75) is 26.2 Å². The summed E-state index contributed by atoms with van der Waals surface area (Å²) in [6.45, 7) is 3.03. The first kappa shape index (κ1) is 11.9. The van der Waals surface area contributed by atoms with Crippen LogP contribution < -0.4 is 4.90 Å². The van der Waals surface area contributed by atoms with Gasteiger partial charge in [0.1, 0.15) is 12.4 Å². The second-order valence-electron chi connectivity index (χ2n) is 4.22. The molecule has 0 aliphatic heterocycles. The molecule has 1 aliphatic rings. The van der Waals surface area contributed by atoms with Crippen LogP contribution in [0.25, 0.3) is 0 Å². The van der Waals surface area contributed by atoms with Gasteiger partial charge in [0.2, 0.25) is 0 Å². The lowest BCUT2D eigenvalue weighted by Gasteiger charge is -2.21. The molecule has 1 aromatic rings. The number of fused-ring (bicyclic) bond motifs is 1. The maximum absolute atomic E-state index is 11.3. The van der Waals surface area contributed by atoms with Crippen LogP contribution in [-0.4, -0.2) is 31.2 Å². The Labute approximate surface area is 102 Å². The second-order valence-corrected chi connectivity index (χ2v) is 4.22. The van der Waals surface area contributed by atoms with Crippen molar-refractivity contribution in [1.82, 2.24) is 4.98 Å². The predicted molar refractivity (Wildman–Crippen MR) is 66.2 cm³/mol. The minimum atomic E-state index is -0.228. The number of rotatable bonds is 4. The van der Waals surface area contributed by atoms with Gasteiger partial charge in [-0.05, 0) is 37.8 Å². The van der Waals surface area contributed by atoms with E-state index in [0.717, 1.165) is 25.2 Å². The smallest absolute Gasteiger partial charge is 0.325 e. The molecule has 1 aromatic heterocycles. The van der Waals surface area contributed by atoms with E-state index in [2.05, 4.69) is 15.8 Å². The van der Waals surface area contributed by atoms with Gasteiger partial charge in [0.25, 0.3) is 0 Å². The van der Waals surface area contributed by atoms with E-state index in [9.17, 15) is 4.79 Å². The number of pyridine rings is 1. The van der Waals surface area contributed by atoms with Crippen molar-refractivity contribution in [2.75, 3.05) is 25.1 Å². The van der Waals surface area contributed by atoms with Crippen molar-refractivity contribution in [3.05, 3.63) is 23.4 Å². The molecule has 0 radical (unpaired) electrons. The Morgan fingerprint density at radius 3 is 3.00 bits per heavy atom. The minimum Gasteiger partial charge on any atom is -0.468 e. The summed E-state index contributed by atoms with van der Waals surface area (Å²) in [5.74, 6) is 0.646. The molecule has 17 heavy (non-hydrogen) atoms. The Balaban J connectivity index is 2.16. The third-order valence-corrected chi connectivity index (χ3v) is 3.17. The summed E-state index contributed by atoms with van der Waals surface area (Å²) in [5.41, 5.74) is 2.54. The molecule has 0 N–H and O–H groups in total. The van der Waals surface area contributed by atoms with Crippen LogP contribution in [-0.2, 0) is 22.4 Å². The molecule has 0 saturated carbocycles. The standard InChI is InChI=1S/C13H18N2O2/c1-3-15(9-13(16)17-2)12-8-7-10-5-4-6-11(10)14-12/h7-8H,3-6,9H2,1-2H3. The predicted octanol–water partition coefficient (Wildman–Crippen LogP) is 1.57. The first-order chi connectivity index (χ1) is 8.24. The van der Waals surface area contributed by atoms with E-state index >= 15 is 0 Å². The van der Waals surface area contributed by atoms with Crippen LogP contribution in [0.1, 0.15) is 24.6 Å². The Hall–Kier alpha value is -1.58. The fourth-order valence-corrected chi connectivity index (χ4v) is 2.16. The number of nitrogens with zero attached hydrogens (tertiary/aromatic N) is 2. The monoisotopic (exact) mass is 234 g/mol. The summed E-state index contributed by atoms with van der Waals surface area (Å²) < 4.78 is 4.69. The second kappa shape index (κ2) is 5.17. The maximum atomic E-state index is 11.3. The van der Waals surface area contributed by atoms with Crippen molar-refractivity contribution in [2.24, 2.45) is 0 Å². The quantitative estimate of drug-likeness (QED) is 0.742. The lowest BCUT2D eigenvalue weighted by Crippen LogP contribution is -2.31. The van der Waals surface area contributed by atoms with Crippen molar-refractivity contribution < 1.29 is 9.53 Å². The summed E-state index contributed by atoms with van der Waals surface area (Å²) in [5, 5.41) is 0. The van der Waals surface area contributed by atoms with Crippen molar-refractivity contribution in [3.8, 4) is 0 Å². The third-order valence-electron chi connectivity index (χ3n) is 3.17. The van der Waals surface area contributed by atoms with Crippen LogP contribution >= 0.6 is 0 Å². The highest BCUT2D eigenvalue weighted by Crippen LogP contribution is 2.23. The van der Waals surface area contributed by atoms with E-state index in [-0.39, 0.29) is 12.5 Å². The topological polar surface area (TPSA) is 42.4 Å². The molecule has 4 heteroatoms. The highest BCUT2D eigenvalue weighted by Gasteiger charge is 2.16. The Bertz CT molecular complexity index is 418. The minimum absolute atomic E-state index is 0.228. The molecule has 92 valence electrons. The van der Waals surface area contributed by atoms with Crippen LogP contribution in [0, 0.1) is 0 Å². The van der Waals surface area contributed by atoms with E-state index < -0.39 is 0 Å². The fraction of sp³-hybridized carbons (Fsp3) is 0.538. The van der Waals surface area contributed by atoms with Crippen LogP contribution in [0.3, 0.4) is 0 Å². The van der Waals surface area contributed by atoms with E-state index in [1.54, 1.807) is 0 Å². The molecule has 0 amide bonds. The van der Waals surface area contributed by atoms with Crippen LogP contribution in [0.5, 0.6) is 0 Å². The van der Waals surface area contributed by atoms with Gasteiger partial charge in [0.05, 0.1) is 7.11 Å². The highest BCUT2D eigenvalue weighted by atomic mass is 16.5. The number of carbonyl (C=O) groups excluding carboxylic acids is 1. The maximum Gasteiger partial charge on any atom is 0.325 e. The van der Waals surface area contributed by atoms with Crippen LogP contribution in [0.15, 0.2) is 12.1 Å². The average molecular weight is 234 g/mol. The van der Waals surface area contributed by atoms with Gasteiger partial charge in [0, 0.05) is 12.2 Å². The zero-order valence-electron chi connectivity index (χ0n) is 10.4. The SMILES string of the molecule is CCN(CC(=O)OC)c1ccc2c(n1)CCC2. The van der Waals surface area contributed by atoms with Crippen LogP contribution in [0.4, 0.5) is 5.82 Å². The molecule has 2 rings (SSSR count). The summed E-state index contributed by atoms with van der Waals surface area (Å²) in [6.07, 6.45) is 3.37. The molecule has 1 aliphatic carbocycles. The normalized spacial score (nSPS) is 13.3. The molecule has 0 bridgehead atoms. The van der Waals surface area contributed by atoms with Gasteiger partial charge < -0.3 is 9.64 Å². The highest BCUT2D eigenvalue weighted by molar-refractivity contribution is 5.75. The number of hydrogen-bond acceptors (Lipinski definition) is 4. The Morgan fingerprint density at radius 1 is 1.47 bits per heavy atom. The number of carbonyl (C=O) groups is 1. The van der Waals surface area contributed by atoms with E-state index in [1.807, 2.05) is 17.9 Å². The first-order valence-corrected chi connectivity index (χ1v) is 6.05. The molecule has 4 nitrogen and oxygen atoms in total. The first-order valence-electron chi connectivity index (χ1n) is 6.05. The fourth-order valence-electron chi connectivity index (χ4n) is 2.16. The summed E-state index contributed by atoms with van der Waals surface area (Å²) in [6, 6.07) is 4.13. The molecule has 0 spiro atoms. The zero-order valence-corrected chi connectivity index (χ0v) is 10.4. The average Bonchev–Trinajstić information content (AvgIpc) is 2.82. The van der Waals surface area contributed by atoms with E-state index in [4.69, 9.17) is 0 Å². The van der Waals surface area contributed by atoms with Crippen molar-refractivity contribution in [3.63, 3.8) is 0 Å². The number of methoxy groups -OCH3 is 1. The van der Waals surface area contributed by atoms with Gasteiger partial charge in [-0.15, -0.1) is 0 Å². The molecule has 0 aromatic carbocycles. The number of aromatic nitrogens is 1. The number of ether oxygens (including phenoxy) is 1. The van der Waals surface area contributed by atoms with Crippen LogP contribution in [0.2, 0.25) is 0 Å². The van der Waals surface area contributed by atoms with Crippen molar-refractivity contribution >= 4 is 11.8 Å². The van der Waals surface area contributed by atoms with Gasteiger partial charge in [-0.1, -0.05) is 6.07 Å². The lowest BCUT2D eigenvalue weighted by molar-refractivity contribution is -0.138. The molecule has 1 heterocycles. The Morgan fingerprint density at radius 2 is 2.29 bits per heavy atom. The number of anilines is 1. The number of likely N-dealkylation sites (N-methyl/N-ethyl adjacent to an activating group) is 1. The van der Waals surface area contributed by atoms with Gasteiger partial charge in [-0.2, -0.15) is 0 Å². The van der Waals surface area contributed by atoms with E-state index in [0.29, 0.717) is 0 Å². The van der Waals surface area contributed by atoms with Gasteiger partial charge >= 0.3 is 5.97 Å². The number of aryl methyl sites for hydroxylation is 2. The number of hydrogen-bond donors (Lipinski definition) is 0. The Kier molecular flexibility index (Phi) is 3.61. The molecule has 0 atom stereocenters. The zero-order chi connectivity index (χ0) is 12.3. The van der Waals surface area contributed by atoms with Crippen molar-refractivity contribution in [1.29, 1.82) is 0 Å². The largest absolute Gasteiger partial charge is 0.468 e. The summed E-state index contributed by atoms with van der Waals surface area (Å²) in [7, 11) is 1.41. The number of esters is 1. The van der Waals surface area contributed by atoms with Gasteiger partial charge in [-0.3, -0.25) is 4.79 Å². The molecular formula is C13H18N2O2. The van der Waals surface area contributed by atoms with Gasteiger partial charge in [0.15, 0.2) is 0 Å².